The van der Waals surface area contributed by atoms with Crippen molar-refractivity contribution in [3.05, 3.63) is 28.1 Å². The third-order valence-electron chi connectivity index (χ3n) is 3.04. The molecule has 1 heterocycles. The van der Waals surface area contributed by atoms with E-state index in [-0.39, 0.29) is 11.9 Å². The van der Waals surface area contributed by atoms with Gasteiger partial charge in [0.25, 0.3) is 5.91 Å². The van der Waals surface area contributed by atoms with Gasteiger partial charge in [0, 0.05) is 16.1 Å². The van der Waals surface area contributed by atoms with Crippen molar-refractivity contribution >= 4 is 56.4 Å². The van der Waals surface area contributed by atoms with Crippen molar-refractivity contribution in [1.82, 2.24) is 5.32 Å². The van der Waals surface area contributed by atoms with E-state index in [9.17, 15) is 4.79 Å². The monoisotopic (exact) mass is 328 g/mol. The van der Waals surface area contributed by atoms with Gasteiger partial charge in [0.05, 0.1) is 10.7 Å². The normalized spacial score (nSPS) is 12.6. The largest absolute Gasteiger partial charge is 0.397 e. The fraction of sp³-hybridized carbons (Fsp3) is 0.357. The molecule has 1 amide bonds. The molecule has 0 spiro atoms. The molecule has 2 aromatic rings. The van der Waals surface area contributed by atoms with Gasteiger partial charge in [0.2, 0.25) is 0 Å². The second kappa shape index (κ2) is 6.70. The maximum absolute atomic E-state index is 12.3. The number of nitrogen functional groups attached to an aromatic ring is 1. The number of amides is 1. The Morgan fingerprint density at radius 2 is 2.30 bits per heavy atom. The van der Waals surface area contributed by atoms with Gasteiger partial charge in [-0.15, -0.1) is 11.3 Å². The predicted octanol–water partition coefficient (Wildman–Crippen LogP) is 4.01. The summed E-state index contributed by atoms with van der Waals surface area (Å²) in [6, 6.07) is 5.71. The highest BCUT2D eigenvalue weighted by Crippen LogP contribution is 2.37. The molecule has 1 unspecified atom stereocenters. The van der Waals surface area contributed by atoms with Gasteiger partial charge in [-0.1, -0.05) is 17.7 Å². The summed E-state index contributed by atoms with van der Waals surface area (Å²) in [7, 11) is 0. The lowest BCUT2D eigenvalue weighted by Gasteiger charge is -2.12. The lowest BCUT2D eigenvalue weighted by molar-refractivity contribution is 0.0944. The van der Waals surface area contributed by atoms with Crippen LogP contribution in [-0.4, -0.2) is 24.0 Å². The second-order valence-electron chi connectivity index (χ2n) is 4.61. The van der Waals surface area contributed by atoms with Gasteiger partial charge in [0.1, 0.15) is 4.88 Å². The lowest BCUT2D eigenvalue weighted by atomic mass is 10.2. The van der Waals surface area contributed by atoms with Crippen LogP contribution in [0.1, 0.15) is 23.0 Å². The number of carbonyl (C=O) groups is 1. The molecule has 1 atom stereocenters. The average molecular weight is 329 g/mol. The number of hydrogen-bond donors (Lipinski definition) is 2. The highest BCUT2D eigenvalue weighted by Gasteiger charge is 2.19. The predicted molar refractivity (Wildman–Crippen MR) is 91.2 cm³/mol. The number of halogens is 1. The lowest BCUT2D eigenvalue weighted by Crippen LogP contribution is -2.32. The van der Waals surface area contributed by atoms with Gasteiger partial charge < -0.3 is 11.1 Å². The van der Waals surface area contributed by atoms with E-state index < -0.39 is 0 Å². The number of thiophene rings is 1. The molecule has 6 heteroatoms. The average Bonchev–Trinajstić information content (AvgIpc) is 2.75. The third kappa shape index (κ3) is 3.22. The Morgan fingerprint density at radius 3 is 2.95 bits per heavy atom. The summed E-state index contributed by atoms with van der Waals surface area (Å²) in [4.78, 5) is 12.8. The highest BCUT2D eigenvalue weighted by atomic mass is 35.5. The van der Waals surface area contributed by atoms with Crippen LogP contribution in [0.5, 0.6) is 0 Å². The summed E-state index contributed by atoms with van der Waals surface area (Å²) in [6.07, 6.45) is 3.00. The Hall–Kier alpha value is -0.910. The van der Waals surface area contributed by atoms with Crippen LogP contribution in [-0.2, 0) is 0 Å². The van der Waals surface area contributed by atoms with Gasteiger partial charge in [-0.05, 0) is 37.5 Å². The Morgan fingerprint density at radius 1 is 1.55 bits per heavy atom. The van der Waals surface area contributed by atoms with Crippen molar-refractivity contribution in [2.75, 3.05) is 17.7 Å². The summed E-state index contributed by atoms with van der Waals surface area (Å²) in [5.41, 5.74) is 6.55. The Balaban J connectivity index is 2.22. The standard InChI is InChI=1S/C14H17ClN2OS2/c1-8(6-7-19-2)17-14(18)13-12(16)11-9(15)4-3-5-10(11)20-13/h3-5,8H,6-7,16H2,1-2H3,(H,17,18). The molecule has 0 saturated carbocycles. The van der Waals surface area contributed by atoms with Crippen LogP contribution < -0.4 is 11.1 Å². The smallest absolute Gasteiger partial charge is 0.263 e. The van der Waals surface area contributed by atoms with Gasteiger partial charge in [-0.3, -0.25) is 4.79 Å². The number of benzene rings is 1. The maximum atomic E-state index is 12.3. The van der Waals surface area contributed by atoms with Crippen LogP contribution in [0, 0.1) is 0 Å². The molecular formula is C14H17ClN2OS2. The van der Waals surface area contributed by atoms with Crippen LogP contribution in [0.25, 0.3) is 10.1 Å². The molecule has 0 aliphatic heterocycles. The van der Waals surface area contributed by atoms with Crippen molar-refractivity contribution in [1.29, 1.82) is 0 Å². The molecule has 108 valence electrons. The third-order valence-corrected chi connectivity index (χ3v) is 5.17. The fourth-order valence-electron chi connectivity index (χ4n) is 1.95. The van der Waals surface area contributed by atoms with E-state index in [1.54, 1.807) is 17.8 Å². The number of rotatable bonds is 5. The topological polar surface area (TPSA) is 55.1 Å². The molecule has 0 radical (unpaired) electrons. The van der Waals surface area contributed by atoms with Crippen LogP contribution >= 0.6 is 34.7 Å². The quantitative estimate of drug-likeness (QED) is 0.872. The SMILES string of the molecule is CSCCC(C)NC(=O)c1sc2cccc(Cl)c2c1N. The minimum absolute atomic E-state index is 0.117. The summed E-state index contributed by atoms with van der Waals surface area (Å²) in [6.45, 7) is 2.00. The second-order valence-corrected chi connectivity index (χ2v) is 7.06. The van der Waals surface area contributed by atoms with Crippen molar-refractivity contribution in [3.8, 4) is 0 Å². The number of carbonyl (C=O) groups excluding carboxylic acids is 1. The van der Waals surface area contributed by atoms with E-state index in [1.807, 2.05) is 19.1 Å². The zero-order valence-electron chi connectivity index (χ0n) is 11.4. The number of hydrogen-bond acceptors (Lipinski definition) is 4. The summed E-state index contributed by atoms with van der Waals surface area (Å²) < 4.78 is 0.942. The van der Waals surface area contributed by atoms with Gasteiger partial charge in [-0.2, -0.15) is 11.8 Å². The van der Waals surface area contributed by atoms with Crippen molar-refractivity contribution < 1.29 is 4.79 Å². The molecule has 0 fully saturated rings. The molecule has 0 aliphatic rings. The van der Waals surface area contributed by atoms with E-state index in [2.05, 4.69) is 11.6 Å². The Kier molecular flexibility index (Phi) is 5.18. The van der Waals surface area contributed by atoms with E-state index in [4.69, 9.17) is 17.3 Å². The highest BCUT2D eigenvalue weighted by molar-refractivity contribution is 7.98. The molecule has 3 nitrogen and oxygen atoms in total. The molecule has 20 heavy (non-hydrogen) atoms. The minimum atomic E-state index is -0.117. The summed E-state index contributed by atoms with van der Waals surface area (Å²) in [5.74, 6) is 0.906. The van der Waals surface area contributed by atoms with Crippen LogP contribution in [0.2, 0.25) is 5.02 Å². The van der Waals surface area contributed by atoms with E-state index in [0.29, 0.717) is 15.6 Å². The first-order valence-corrected chi connectivity index (χ1v) is 8.89. The number of thioether (sulfide) groups is 1. The molecule has 0 saturated heterocycles. The number of nitrogens with two attached hydrogens (primary N) is 1. The molecule has 0 bridgehead atoms. The van der Waals surface area contributed by atoms with Crippen LogP contribution in [0.3, 0.4) is 0 Å². The van der Waals surface area contributed by atoms with Crippen molar-refractivity contribution in [2.45, 2.75) is 19.4 Å². The summed E-state index contributed by atoms with van der Waals surface area (Å²) >= 11 is 9.30. The number of anilines is 1. The van der Waals surface area contributed by atoms with Crippen molar-refractivity contribution in [2.24, 2.45) is 0 Å². The zero-order chi connectivity index (χ0) is 14.7. The molecule has 0 aliphatic carbocycles. The summed E-state index contributed by atoms with van der Waals surface area (Å²) in [5, 5.41) is 4.35. The first-order valence-electron chi connectivity index (χ1n) is 6.31. The van der Waals surface area contributed by atoms with E-state index in [0.717, 1.165) is 22.3 Å². The van der Waals surface area contributed by atoms with Crippen LogP contribution in [0.15, 0.2) is 18.2 Å². The van der Waals surface area contributed by atoms with Gasteiger partial charge in [0.15, 0.2) is 0 Å². The maximum Gasteiger partial charge on any atom is 0.263 e. The van der Waals surface area contributed by atoms with Gasteiger partial charge >= 0.3 is 0 Å². The molecule has 2 rings (SSSR count). The zero-order valence-corrected chi connectivity index (χ0v) is 13.8. The Bertz CT molecular complexity index is 627. The fourth-order valence-corrected chi connectivity index (χ4v) is 3.93. The molecule has 1 aromatic heterocycles. The molecular weight excluding hydrogens is 312 g/mol. The van der Waals surface area contributed by atoms with E-state index >= 15 is 0 Å². The Labute approximate surface area is 131 Å². The number of fused-ring (bicyclic) bond motifs is 1. The molecule has 1 aromatic carbocycles. The minimum Gasteiger partial charge on any atom is -0.397 e. The number of nitrogens with one attached hydrogen (secondary N) is 1. The van der Waals surface area contributed by atoms with Gasteiger partial charge in [-0.25, -0.2) is 0 Å². The first-order chi connectivity index (χ1) is 9.54. The van der Waals surface area contributed by atoms with E-state index in [1.165, 1.54) is 11.3 Å². The molecule has 3 N–H and O–H groups in total. The van der Waals surface area contributed by atoms with Crippen molar-refractivity contribution in [3.63, 3.8) is 0 Å². The van der Waals surface area contributed by atoms with Crippen LogP contribution in [0.4, 0.5) is 5.69 Å². The first kappa shape index (κ1) is 15.5.